The van der Waals surface area contributed by atoms with E-state index in [1.807, 2.05) is 0 Å². The molecule has 5 nitrogen and oxygen atoms in total. The minimum absolute atomic E-state index is 0.158. The highest BCUT2D eigenvalue weighted by atomic mass is 19.1. The molecule has 0 heterocycles. The molecule has 0 aromatic heterocycles. The van der Waals surface area contributed by atoms with Gasteiger partial charge in [0.1, 0.15) is 5.82 Å². The Labute approximate surface area is 113 Å². The fraction of sp³-hybridized carbons (Fsp3) is 0.0714. The second-order valence-corrected chi connectivity index (χ2v) is 4.14. The predicted molar refractivity (Wildman–Crippen MR) is 70.5 cm³/mol. The van der Waals surface area contributed by atoms with Crippen molar-refractivity contribution in [1.82, 2.24) is 0 Å². The molecule has 0 saturated carbocycles. The van der Waals surface area contributed by atoms with Crippen molar-refractivity contribution >= 4 is 11.7 Å². The van der Waals surface area contributed by atoms with Crippen LogP contribution in [0.3, 0.4) is 0 Å². The molecule has 104 valence electrons. The monoisotopic (exact) mass is 277 g/mol. The van der Waals surface area contributed by atoms with E-state index in [2.05, 4.69) is 5.32 Å². The molecule has 0 saturated heterocycles. The summed E-state index contributed by atoms with van der Waals surface area (Å²) >= 11 is 0. The van der Waals surface area contributed by atoms with Crippen molar-refractivity contribution in [2.24, 2.45) is 0 Å². The molecular weight excluding hydrogens is 265 g/mol. The number of carboxylic acid groups (broad SMARTS) is 1. The summed E-state index contributed by atoms with van der Waals surface area (Å²) in [5.74, 6) is -2.66. The summed E-state index contributed by atoms with van der Waals surface area (Å²) in [4.78, 5) is 10.8. The Morgan fingerprint density at radius 1 is 1.20 bits per heavy atom. The lowest BCUT2D eigenvalue weighted by Crippen LogP contribution is -2.04. The van der Waals surface area contributed by atoms with E-state index in [1.165, 1.54) is 12.1 Å². The maximum Gasteiger partial charge on any atom is 0.338 e. The number of carboxylic acids is 1. The second-order valence-electron chi connectivity index (χ2n) is 4.14. The van der Waals surface area contributed by atoms with Crippen molar-refractivity contribution in [3.05, 3.63) is 53.3 Å². The number of hydrogen-bond acceptors (Lipinski definition) is 4. The zero-order valence-corrected chi connectivity index (χ0v) is 10.3. The molecule has 0 unspecified atom stereocenters. The molecule has 0 bridgehead atoms. The molecule has 0 aliphatic carbocycles. The van der Waals surface area contributed by atoms with Crippen LogP contribution in [0, 0.1) is 5.82 Å². The lowest BCUT2D eigenvalue weighted by Gasteiger charge is -2.10. The molecule has 2 aromatic rings. The SMILES string of the molecule is O=C(O)c1cc(NCc2cccc(O)c2O)ccc1F. The number of hydrogen-bond donors (Lipinski definition) is 4. The summed E-state index contributed by atoms with van der Waals surface area (Å²) in [7, 11) is 0. The van der Waals surface area contributed by atoms with Crippen LogP contribution in [0.2, 0.25) is 0 Å². The lowest BCUT2D eigenvalue weighted by atomic mass is 10.1. The summed E-state index contributed by atoms with van der Waals surface area (Å²) in [6.45, 7) is 0.158. The van der Waals surface area contributed by atoms with Gasteiger partial charge >= 0.3 is 5.97 Å². The topological polar surface area (TPSA) is 89.8 Å². The maximum absolute atomic E-state index is 13.2. The van der Waals surface area contributed by atoms with Crippen LogP contribution in [0.4, 0.5) is 10.1 Å². The van der Waals surface area contributed by atoms with E-state index in [-0.39, 0.29) is 18.0 Å². The van der Waals surface area contributed by atoms with Crippen molar-refractivity contribution in [2.75, 3.05) is 5.32 Å². The molecule has 4 N–H and O–H groups in total. The van der Waals surface area contributed by atoms with Crippen LogP contribution in [-0.2, 0) is 6.54 Å². The van der Waals surface area contributed by atoms with Gasteiger partial charge in [0.05, 0.1) is 5.56 Å². The molecule has 6 heteroatoms. The Balaban J connectivity index is 2.17. The largest absolute Gasteiger partial charge is 0.504 e. The first kappa shape index (κ1) is 13.7. The molecule has 2 aromatic carbocycles. The Morgan fingerprint density at radius 3 is 2.65 bits per heavy atom. The van der Waals surface area contributed by atoms with Gasteiger partial charge in [0.25, 0.3) is 0 Å². The fourth-order valence-electron chi connectivity index (χ4n) is 1.72. The summed E-state index contributed by atoms with van der Waals surface area (Å²) in [6.07, 6.45) is 0. The first-order valence-corrected chi connectivity index (χ1v) is 5.75. The average molecular weight is 277 g/mol. The van der Waals surface area contributed by atoms with Crippen LogP contribution >= 0.6 is 0 Å². The zero-order chi connectivity index (χ0) is 14.7. The van der Waals surface area contributed by atoms with Crippen molar-refractivity contribution in [2.45, 2.75) is 6.54 Å². The zero-order valence-electron chi connectivity index (χ0n) is 10.3. The summed E-state index contributed by atoms with van der Waals surface area (Å²) in [5.41, 5.74) is 0.396. The van der Waals surface area contributed by atoms with E-state index in [4.69, 9.17) is 5.11 Å². The Bertz CT molecular complexity index is 658. The van der Waals surface area contributed by atoms with E-state index in [0.717, 1.165) is 12.1 Å². The van der Waals surface area contributed by atoms with Crippen molar-refractivity contribution in [1.29, 1.82) is 0 Å². The number of carbonyl (C=O) groups is 1. The van der Waals surface area contributed by atoms with E-state index in [1.54, 1.807) is 12.1 Å². The number of aromatic carboxylic acids is 1. The molecule has 0 atom stereocenters. The third-order valence-electron chi connectivity index (χ3n) is 2.78. The number of rotatable bonds is 4. The number of aromatic hydroxyl groups is 2. The number of anilines is 1. The lowest BCUT2D eigenvalue weighted by molar-refractivity contribution is 0.0692. The number of phenols is 2. The standard InChI is InChI=1S/C14H12FNO4/c15-11-5-4-9(6-10(11)14(19)20)16-7-8-2-1-3-12(17)13(8)18/h1-6,16-18H,7H2,(H,19,20). The smallest absolute Gasteiger partial charge is 0.338 e. The Hall–Kier alpha value is -2.76. The van der Waals surface area contributed by atoms with Gasteiger partial charge in [-0.05, 0) is 24.3 Å². The Kier molecular flexibility index (Phi) is 3.74. The normalized spacial score (nSPS) is 10.2. The van der Waals surface area contributed by atoms with Crippen LogP contribution in [0.1, 0.15) is 15.9 Å². The third kappa shape index (κ3) is 2.80. The number of benzene rings is 2. The van der Waals surface area contributed by atoms with Gasteiger partial charge in [0, 0.05) is 17.8 Å². The second kappa shape index (κ2) is 5.48. The van der Waals surface area contributed by atoms with Crippen LogP contribution in [-0.4, -0.2) is 21.3 Å². The molecular formula is C14H12FNO4. The van der Waals surface area contributed by atoms with Gasteiger partial charge in [0.2, 0.25) is 0 Å². The first-order valence-electron chi connectivity index (χ1n) is 5.75. The molecule has 0 aliphatic heterocycles. The fourth-order valence-corrected chi connectivity index (χ4v) is 1.72. The van der Waals surface area contributed by atoms with Crippen LogP contribution in [0.25, 0.3) is 0 Å². The summed E-state index contributed by atoms with van der Waals surface area (Å²) in [5, 5.41) is 30.6. The molecule has 2 rings (SSSR count). The van der Waals surface area contributed by atoms with Crippen LogP contribution in [0.5, 0.6) is 11.5 Å². The van der Waals surface area contributed by atoms with Gasteiger partial charge in [0.15, 0.2) is 11.5 Å². The highest BCUT2D eigenvalue weighted by molar-refractivity contribution is 5.89. The van der Waals surface area contributed by atoms with E-state index >= 15 is 0 Å². The maximum atomic E-state index is 13.2. The number of halogens is 1. The molecule has 0 aliphatic rings. The minimum Gasteiger partial charge on any atom is -0.504 e. The molecule has 0 radical (unpaired) electrons. The van der Waals surface area contributed by atoms with Crippen molar-refractivity contribution < 1.29 is 24.5 Å². The summed E-state index contributed by atoms with van der Waals surface area (Å²) < 4.78 is 13.2. The number of nitrogens with one attached hydrogen (secondary N) is 1. The summed E-state index contributed by atoms with van der Waals surface area (Å²) in [6, 6.07) is 8.12. The molecule has 20 heavy (non-hydrogen) atoms. The van der Waals surface area contributed by atoms with Gasteiger partial charge in [-0.2, -0.15) is 0 Å². The molecule has 0 amide bonds. The number of phenolic OH excluding ortho intramolecular Hbond substituents is 2. The van der Waals surface area contributed by atoms with Gasteiger partial charge in [-0.15, -0.1) is 0 Å². The van der Waals surface area contributed by atoms with Crippen LogP contribution in [0.15, 0.2) is 36.4 Å². The van der Waals surface area contributed by atoms with Crippen LogP contribution < -0.4 is 5.32 Å². The van der Waals surface area contributed by atoms with E-state index in [9.17, 15) is 19.4 Å². The van der Waals surface area contributed by atoms with E-state index < -0.39 is 17.3 Å². The number of para-hydroxylation sites is 1. The third-order valence-corrected chi connectivity index (χ3v) is 2.78. The highest BCUT2D eigenvalue weighted by Crippen LogP contribution is 2.28. The van der Waals surface area contributed by atoms with Crippen molar-refractivity contribution in [3.8, 4) is 11.5 Å². The molecule has 0 spiro atoms. The predicted octanol–water partition coefficient (Wildman–Crippen LogP) is 2.55. The van der Waals surface area contributed by atoms with E-state index in [0.29, 0.717) is 11.3 Å². The van der Waals surface area contributed by atoms with Gasteiger partial charge in [-0.3, -0.25) is 0 Å². The highest BCUT2D eigenvalue weighted by Gasteiger charge is 2.11. The van der Waals surface area contributed by atoms with Gasteiger partial charge in [-0.25, -0.2) is 9.18 Å². The first-order chi connectivity index (χ1) is 9.49. The quantitative estimate of drug-likeness (QED) is 0.645. The minimum atomic E-state index is -1.36. The van der Waals surface area contributed by atoms with Crippen molar-refractivity contribution in [3.63, 3.8) is 0 Å². The molecule has 0 fully saturated rings. The van der Waals surface area contributed by atoms with Gasteiger partial charge in [-0.1, -0.05) is 12.1 Å². The van der Waals surface area contributed by atoms with Gasteiger partial charge < -0.3 is 20.6 Å². The average Bonchev–Trinajstić information content (AvgIpc) is 2.41. The Morgan fingerprint density at radius 2 is 1.95 bits per heavy atom.